The molecule has 1 amide bonds. The number of aliphatic hydroxyl groups is 1. The maximum absolute atomic E-state index is 13.6. The lowest BCUT2D eigenvalue weighted by molar-refractivity contribution is -0.140. The molecule has 0 bridgehead atoms. The molecule has 2 aromatic carbocycles. The topological polar surface area (TPSA) is 79.3 Å². The second-order valence-corrected chi connectivity index (χ2v) is 8.69. The number of halogens is 1. The van der Waals surface area contributed by atoms with E-state index in [1.807, 2.05) is 13.8 Å². The van der Waals surface area contributed by atoms with Gasteiger partial charge < -0.3 is 19.5 Å². The number of ether oxygens (including phenoxy) is 2. The molecule has 0 spiro atoms. The number of ketones is 1. The van der Waals surface area contributed by atoms with Gasteiger partial charge in [0.25, 0.3) is 11.7 Å². The molecule has 2 aliphatic heterocycles. The summed E-state index contributed by atoms with van der Waals surface area (Å²) in [6.45, 7) is 7.42. The van der Waals surface area contributed by atoms with E-state index in [4.69, 9.17) is 9.47 Å². The Morgan fingerprint density at radius 2 is 1.71 bits per heavy atom. The van der Waals surface area contributed by atoms with Crippen LogP contribution >= 0.6 is 0 Å². The Morgan fingerprint density at radius 1 is 1.06 bits per heavy atom. The minimum atomic E-state index is -0.812. The highest BCUT2D eigenvalue weighted by Crippen LogP contribution is 2.39. The first-order chi connectivity index (χ1) is 16.3. The van der Waals surface area contributed by atoms with Crippen molar-refractivity contribution in [3.8, 4) is 5.75 Å². The SMILES string of the molecule is CC(C)Oc1ccc(C(O)=C2C(=O)C(=O)N(CCN3CCOCC3)[C@H]2c2ccc(F)cc2)cc1. The zero-order valence-electron chi connectivity index (χ0n) is 19.4. The van der Waals surface area contributed by atoms with Crippen LogP contribution in [0.3, 0.4) is 0 Å². The summed E-state index contributed by atoms with van der Waals surface area (Å²) in [4.78, 5) is 29.8. The normalized spacial score (nSPS) is 20.8. The summed E-state index contributed by atoms with van der Waals surface area (Å²) in [5.41, 5.74) is 0.953. The largest absolute Gasteiger partial charge is 0.507 e. The van der Waals surface area contributed by atoms with E-state index in [1.165, 1.54) is 17.0 Å². The number of rotatable bonds is 7. The molecule has 0 aliphatic carbocycles. The lowest BCUT2D eigenvalue weighted by Gasteiger charge is -2.31. The predicted octanol–water partition coefficient (Wildman–Crippen LogP) is 3.37. The number of hydrogen-bond donors (Lipinski definition) is 1. The molecule has 4 rings (SSSR count). The van der Waals surface area contributed by atoms with Crippen LogP contribution in [0.5, 0.6) is 5.75 Å². The van der Waals surface area contributed by atoms with Gasteiger partial charge in [0.2, 0.25) is 0 Å². The molecule has 2 saturated heterocycles. The van der Waals surface area contributed by atoms with Gasteiger partial charge in [0.05, 0.1) is 30.9 Å². The summed E-state index contributed by atoms with van der Waals surface area (Å²) < 4.78 is 24.6. The Morgan fingerprint density at radius 3 is 2.32 bits per heavy atom. The van der Waals surface area contributed by atoms with Crippen molar-refractivity contribution in [2.75, 3.05) is 39.4 Å². The van der Waals surface area contributed by atoms with Crippen LogP contribution in [0, 0.1) is 5.82 Å². The molecular weight excluding hydrogens is 439 g/mol. The first kappa shape index (κ1) is 23.9. The number of benzene rings is 2. The van der Waals surface area contributed by atoms with E-state index < -0.39 is 23.5 Å². The number of aliphatic hydroxyl groups excluding tert-OH is 1. The summed E-state index contributed by atoms with van der Waals surface area (Å²) in [6.07, 6.45) is -0.00489. The molecule has 0 radical (unpaired) electrons. The third-order valence-electron chi connectivity index (χ3n) is 5.99. The average molecular weight is 469 g/mol. The van der Waals surface area contributed by atoms with Crippen LogP contribution in [0.1, 0.15) is 31.0 Å². The van der Waals surface area contributed by atoms with Gasteiger partial charge in [-0.25, -0.2) is 4.39 Å². The number of carbonyl (C=O) groups excluding carboxylic acids is 2. The smallest absolute Gasteiger partial charge is 0.295 e. The number of likely N-dealkylation sites (tertiary alicyclic amines) is 1. The highest BCUT2D eigenvalue weighted by atomic mass is 19.1. The third kappa shape index (κ3) is 5.13. The van der Waals surface area contributed by atoms with E-state index in [1.54, 1.807) is 36.4 Å². The van der Waals surface area contributed by atoms with Crippen molar-refractivity contribution in [1.82, 2.24) is 9.80 Å². The van der Waals surface area contributed by atoms with Crippen molar-refractivity contribution < 1.29 is 28.6 Å². The highest BCUT2D eigenvalue weighted by molar-refractivity contribution is 6.46. The molecule has 2 fully saturated rings. The second-order valence-electron chi connectivity index (χ2n) is 8.69. The van der Waals surface area contributed by atoms with Crippen LogP contribution in [0.4, 0.5) is 4.39 Å². The number of hydrogen-bond acceptors (Lipinski definition) is 6. The number of amides is 1. The first-order valence-corrected chi connectivity index (χ1v) is 11.5. The van der Waals surface area contributed by atoms with E-state index in [0.717, 1.165) is 13.1 Å². The molecule has 180 valence electrons. The Labute approximate surface area is 198 Å². The summed E-state index contributed by atoms with van der Waals surface area (Å²) >= 11 is 0. The van der Waals surface area contributed by atoms with Gasteiger partial charge in [0.1, 0.15) is 17.3 Å². The van der Waals surface area contributed by atoms with Crippen LogP contribution < -0.4 is 4.74 Å². The number of nitrogens with zero attached hydrogens (tertiary/aromatic N) is 2. The van der Waals surface area contributed by atoms with Crippen LogP contribution in [-0.2, 0) is 14.3 Å². The van der Waals surface area contributed by atoms with Gasteiger partial charge >= 0.3 is 0 Å². The molecule has 0 unspecified atom stereocenters. The number of Topliss-reactive ketones (excluding diaryl/α,β-unsaturated/α-hetero) is 1. The molecule has 2 aromatic rings. The van der Waals surface area contributed by atoms with Crippen LogP contribution in [0.2, 0.25) is 0 Å². The molecule has 1 atom stereocenters. The Kier molecular flexibility index (Phi) is 7.29. The molecule has 8 heteroatoms. The lowest BCUT2D eigenvalue weighted by atomic mass is 9.95. The van der Waals surface area contributed by atoms with Gasteiger partial charge in [-0.05, 0) is 55.8 Å². The maximum atomic E-state index is 13.6. The predicted molar refractivity (Wildman–Crippen MR) is 125 cm³/mol. The summed E-state index contributed by atoms with van der Waals surface area (Å²) in [5, 5.41) is 11.1. The van der Waals surface area contributed by atoms with E-state index in [-0.39, 0.29) is 17.4 Å². The highest BCUT2D eigenvalue weighted by Gasteiger charge is 2.46. The molecular formula is C26H29FN2O5. The average Bonchev–Trinajstić information content (AvgIpc) is 3.08. The maximum Gasteiger partial charge on any atom is 0.295 e. The van der Waals surface area contributed by atoms with Gasteiger partial charge in [0.15, 0.2) is 0 Å². The monoisotopic (exact) mass is 468 g/mol. The van der Waals surface area contributed by atoms with Gasteiger partial charge in [-0.15, -0.1) is 0 Å². The molecule has 7 nitrogen and oxygen atoms in total. The van der Waals surface area contributed by atoms with Crippen molar-refractivity contribution in [3.63, 3.8) is 0 Å². The standard InChI is InChI=1S/C26H29FN2O5/c1-17(2)34-21-9-5-19(6-10-21)24(30)22-23(18-3-7-20(27)8-4-18)29(26(32)25(22)31)12-11-28-13-15-33-16-14-28/h3-10,17,23,30H,11-16H2,1-2H3/t23-/m0/s1. The van der Waals surface area contributed by atoms with Crippen molar-refractivity contribution in [2.45, 2.75) is 26.0 Å². The minimum Gasteiger partial charge on any atom is -0.507 e. The Balaban J connectivity index is 1.69. The molecule has 0 saturated carbocycles. The van der Waals surface area contributed by atoms with E-state index in [2.05, 4.69) is 4.90 Å². The lowest BCUT2D eigenvalue weighted by Crippen LogP contribution is -2.42. The van der Waals surface area contributed by atoms with Crippen molar-refractivity contribution in [2.24, 2.45) is 0 Å². The number of carbonyl (C=O) groups is 2. The molecule has 0 aromatic heterocycles. The van der Waals surface area contributed by atoms with Crippen molar-refractivity contribution in [1.29, 1.82) is 0 Å². The van der Waals surface area contributed by atoms with Crippen LogP contribution in [0.15, 0.2) is 54.1 Å². The zero-order chi connectivity index (χ0) is 24.2. The quantitative estimate of drug-likeness (QED) is 0.381. The Bertz CT molecular complexity index is 1060. The molecule has 34 heavy (non-hydrogen) atoms. The summed E-state index contributed by atoms with van der Waals surface area (Å²) in [5.74, 6) is -1.49. The van der Waals surface area contributed by atoms with Gasteiger partial charge in [-0.2, -0.15) is 0 Å². The summed E-state index contributed by atoms with van der Waals surface area (Å²) in [6, 6.07) is 11.6. The second kappa shape index (κ2) is 10.4. The zero-order valence-corrected chi connectivity index (χ0v) is 19.4. The fourth-order valence-electron chi connectivity index (χ4n) is 4.30. The molecule has 2 aliphatic rings. The molecule has 1 N–H and O–H groups in total. The van der Waals surface area contributed by atoms with Gasteiger partial charge in [-0.1, -0.05) is 12.1 Å². The van der Waals surface area contributed by atoms with Gasteiger partial charge in [-0.3, -0.25) is 14.5 Å². The van der Waals surface area contributed by atoms with Crippen molar-refractivity contribution in [3.05, 3.63) is 71.0 Å². The summed E-state index contributed by atoms with van der Waals surface area (Å²) in [7, 11) is 0. The van der Waals surface area contributed by atoms with Crippen molar-refractivity contribution >= 4 is 17.4 Å². The fraction of sp³-hybridized carbons (Fsp3) is 0.385. The van der Waals surface area contributed by atoms with Crippen LogP contribution in [-0.4, -0.2) is 72.1 Å². The van der Waals surface area contributed by atoms with E-state index >= 15 is 0 Å². The first-order valence-electron chi connectivity index (χ1n) is 11.5. The molecule has 2 heterocycles. The van der Waals surface area contributed by atoms with Crippen LogP contribution in [0.25, 0.3) is 5.76 Å². The minimum absolute atomic E-state index is 0.00360. The number of morpholine rings is 1. The van der Waals surface area contributed by atoms with Gasteiger partial charge in [0, 0.05) is 31.7 Å². The van der Waals surface area contributed by atoms with E-state index in [9.17, 15) is 19.1 Å². The van der Waals surface area contributed by atoms with E-state index in [0.29, 0.717) is 43.2 Å². The third-order valence-corrected chi connectivity index (χ3v) is 5.99. The Hall–Kier alpha value is -3.23. The fourth-order valence-corrected chi connectivity index (χ4v) is 4.30.